The van der Waals surface area contributed by atoms with Gasteiger partial charge in [-0.1, -0.05) is 17.7 Å². The van der Waals surface area contributed by atoms with E-state index in [0.717, 1.165) is 63.0 Å². The fraction of sp³-hybridized carbons (Fsp3) is 0.619. The zero-order valence-corrected chi connectivity index (χ0v) is 15.6. The molecular formula is C21H28N2O3. The highest BCUT2D eigenvalue weighted by Gasteiger charge is 2.50. The Hall–Kier alpha value is -1.88. The van der Waals surface area contributed by atoms with E-state index >= 15 is 0 Å². The number of piperidine rings is 1. The second-order valence-electron chi connectivity index (χ2n) is 8.07. The first-order chi connectivity index (χ1) is 12.6. The Morgan fingerprint density at radius 1 is 1.12 bits per heavy atom. The molecule has 0 saturated carbocycles. The van der Waals surface area contributed by atoms with Gasteiger partial charge in [0.2, 0.25) is 5.91 Å². The monoisotopic (exact) mass is 356 g/mol. The van der Waals surface area contributed by atoms with Gasteiger partial charge in [-0.25, -0.2) is 0 Å². The summed E-state index contributed by atoms with van der Waals surface area (Å²) in [6.45, 7) is 5.62. The van der Waals surface area contributed by atoms with Gasteiger partial charge in [-0.3, -0.25) is 9.59 Å². The summed E-state index contributed by atoms with van der Waals surface area (Å²) in [5, 5.41) is 0. The van der Waals surface area contributed by atoms with Gasteiger partial charge in [0.05, 0.1) is 5.41 Å². The van der Waals surface area contributed by atoms with E-state index < -0.39 is 0 Å². The first-order valence-corrected chi connectivity index (χ1v) is 9.84. The highest BCUT2D eigenvalue weighted by atomic mass is 16.5. The van der Waals surface area contributed by atoms with Crippen molar-refractivity contribution in [3.05, 3.63) is 35.4 Å². The molecule has 4 rings (SSSR count). The van der Waals surface area contributed by atoms with Crippen molar-refractivity contribution < 1.29 is 14.3 Å². The molecule has 1 atom stereocenters. The van der Waals surface area contributed by atoms with Gasteiger partial charge >= 0.3 is 0 Å². The van der Waals surface area contributed by atoms with Crippen LogP contribution in [0.1, 0.15) is 48.0 Å². The molecule has 0 aliphatic carbocycles. The van der Waals surface area contributed by atoms with Gasteiger partial charge in [0.25, 0.3) is 5.91 Å². The first kappa shape index (κ1) is 17.5. The SMILES string of the molecule is Cc1ccc(C(=O)N2CCC3(CCCN(C4CCOCC4)C3=O)C2)cc1. The lowest BCUT2D eigenvalue weighted by molar-refractivity contribution is -0.150. The molecule has 0 aromatic heterocycles. The molecule has 0 bridgehead atoms. The second-order valence-corrected chi connectivity index (χ2v) is 8.07. The Morgan fingerprint density at radius 2 is 1.85 bits per heavy atom. The molecule has 3 fully saturated rings. The highest BCUT2D eigenvalue weighted by Crippen LogP contribution is 2.41. The van der Waals surface area contributed by atoms with Crippen LogP contribution in [0.2, 0.25) is 0 Å². The van der Waals surface area contributed by atoms with Crippen LogP contribution in [0, 0.1) is 12.3 Å². The number of ether oxygens (including phenoxy) is 1. The van der Waals surface area contributed by atoms with Gasteiger partial charge in [0.15, 0.2) is 0 Å². The van der Waals surface area contributed by atoms with Gasteiger partial charge < -0.3 is 14.5 Å². The summed E-state index contributed by atoms with van der Waals surface area (Å²) in [5.74, 6) is 0.327. The van der Waals surface area contributed by atoms with Gasteiger partial charge in [-0.15, -0.1) is 0 Å². The maximum absolute atomic E-state index is 13.3. The zero-order chi connectivity index (χ0) is 18.1. The van der Waals surface area contributed by atoms with Gasteiger partial charge in [-0.05, 0) is 51.2 Å². The Balaban J connectivity index is 1.48. The van der Waals surface area contributed by atoms with E-state index in [1.54, 1.807) is 0 Å². The van der Waals surface area contributed by atoms with Crippen molar-refractivity contribution in [3.63, 3.8) is 0 Å². The van der Waals surface area contributed by atoms with Gasteiger partial charge in [0.1, 0.15) is 0 Å². The van der Waals surface area contributed by atoms with Crippen LogP contribution in [-0.2, 0) is 9.53 Å². The van der Waals surface area contributed by atoms with E-state index in [2.05, 4.69) is 4.90 Å². The molecule has 26 heavy (non-hydrogen) atoms. The Labute approximate surface area is 155 Å². The number of hydrogen-bond donors (Lipinski definition) is 0. The molecule has 0 N–H and O–H groups in total. The van der Waals surface area contributed by atoms with Crippen LogP contribution in [0.15, 0.2) is 24.3 Å². The van der Waals surface area contributed by atoms with E-state index in [1.807, 2.05) is 36.1 Å². The first-order valence-electron chi connectivity index (χ1n) is 9.84. The molecule has 3 aliphatic heterocycles. The third kappa shape index (κ3) is 3.13. The topological polar surface area (TPSA) is 49.9 Å². The van der Waals surface area contributed by atoms with E-state index in [9.17, 15) is 9.59 Å². The normalized spacial score (nSPS) is 27.3. The second kappa shape index (κ2) is 7.03. The van der Waals surface area contributed by atoms with Crippen LogP contribution < -0.4 is 0 Å². The smallest absolute Gasteiger partial charge is 0.253 e. The predicted octanol–water partition coefficient (Wildman–Crippen LogP) is 2.63. The molecule has 5 nitrogen and oxygen atoms in total. The van der Waals surface area contributed by atoms with E-state index in [0.29, 0.717) is 19.1 Å². The number of hydrogen-bond acceptors (Lipinski definition) is 3. The lowest BCUT2D eigenvalue weighted by Gasteiger charge is -2.44. The van der Waals surface area contributed by atoms with E-state index in [1.165, 1.54) is 0 Å². The highest BCUT2D eigenvalue weighted by molar-refractivity contribution is 5.95. The van der Waals surface area contributed by atoms with Crippen LogP contribution in [0.5, 0.6) is 0 Å². The van der Waals surface area contributed by atoms with Gasteiger partial charge in [0, 0.05) is 44.5 Å². The molecular weight excluding hydrogens is 328 g/mol. The molecule has 3 heterocycles. The fourth-order valence-electron chi connectivity index (χ4n) is 4.75. The average molecular weight is 356 g/mol. The fourth-order valence-corrected chi connectivity index (χ4v) is 4.75. The summed E-state index contributed by atoms with van der Waals surface area (Å²) in [5.41, 5.74) is 1.50. The summed E-state index contributed by atoms with van der Waals surface area (Å²) < 4.78 is 5.46. The third-order valence-corrected chi connectivity index (χ3v) is 6.34. The number of nitrogens with zero attached hydrogens (tertiary/aromatic N) is 2. The van der Waals surface area contributed by atoms with Crippen LogP contribution in [0.4, 0.5) is 0 Å². The zero-order valence-electron chi connectivity index (χ0n) is 15.6. The van der Waals surface area contributed by atoms with Crippen molar-refractivity contribution in [3.8, 4) is 0 Å². The van der Waals surface area contributed by atoms with Crippen molar-refractivity contribution in [1.82, 2.24) is 9.80 Å². The quantitative estimate of drug-likeness (QED) is 0.818. The van der Waals surface area contributed by atoms with Crippen molar-refractivity contribution in [2.24, 2.45) is 5.41 Å². The standard InChI is InChI=1S/C21H28N2O3/c1-16-3-5-17(6-4-16)19(24)22-12-10-21(15-22)9-2-11-23(20(21)25)18-7-13-26-14-8-18/h3-6,18H,2,7-15H2,1H3. The van der Waals surface area contributed by atoms with Crippen LogP contribution in [0.3, 0.4) is 0 Å². The lowest BCUT2D eigenvalue weighted by Crippen LogP contribution is -2.55. The molecule has 3 saturated heterocycles. The van der Waals surface area contributed by atoms with Crippen LogP contribution >= 0.6 is 0 Å². The summed E-state index contributed by atoms with van der Waals surface area (Å²) in [6.07, 6.45) is 4.61. The lowest BCUT2D eigenvalue weighted by atomic mass is 9.77. The largest absolute Gasteiger partial charge is 0.381 e. The molecule has 2 amide bonds. The van der Waals surface area contributed by atoms with Crippen molar-refractivity contribution >= 4 is 11.8 Å². The Morgan fingerprint density at radius 3 is 2.58 bits per heavy atom. The number of benzene rings is 1. The van der Waals surface area contributed by atoms with Crippen molar-refractivity contribution in [1.29, 1.82) is 0 Å². The molecule has 1 spiro atoms. The Kier molecular flexibility index (Phi) is 4.74. The molecule has 5 heteroatoms. The van der Waals surface area contributed by atoms with Crippen LogP contribution in [0.25, 0.3) is 0 Å². The number of amides is 2. The number of carbonyl (C=O) groups is 2. The van der Waals surface area contributed by atoms with E-state index in [-0.39, 0.29) is 17.2 Å². The minimum atomic E-state index is -0.364. The number of likely N-dealkylation sites (tertiary alicyclic amines) is 2. The van der Waals surface area contributed by atoms with E-state index in [4.69, 9.17) is 4.74 Å². The number of rotatable bonds is 2. The molecule has 1 aromatic carbocycles. The molecule has 140 valence electrons. The van der Waals surface area contributed by atoms with Crippen molar-refractivity contribution in [2.45, 2.75) is 45.1 Å². The van der Waals surface area contributed by atoms with Gasteiger partial charge in [-0.2, -0.15) is 0 Å². The number of carbonyl (C=O) groups excluding carboxylic acids is 2. The van der Waals surface area contributed by atoms with Crippen molar-refractivity contribution in [2.75, 3.05) is 32.8 Å². The molecule has 0 radical (unpaired) electrons. The summed E-state index contributed by atoms with van der Waals surface area (Å²) in [4.78, 5) is 30.2. The third-order valence-electron chi connectivity index (χ3n) is 6.34. The summed E-state index contributed by atoms with van der Waals surface area (Å²) >= 11 is 0. The number of aryl methyl sites for hydroxylation is 1. The molecule has 1 unspecified atom stereocenters. The maximum atomic E-state index is 13.3. The maximum Gasteiger partial charge on any atom is 0.253 e. The van der Waals surface area contributed by atoms with Crippen LogP contribution in [-0.4, -0.2) is 60.5 Å². The minimum Gasteiger partial charge on any atom is -0.381 e. The molecule has 3 aliphatic rings. The average Bonchev–Trinajstić information content (AvgIpc) is 3.10. The summed E-state index contributed by atoms with van der Waals surface area (Å²) in [6, 6.07) is 8.03. The molecule has 1 aromatic rings. The Bertz CT molecular complexity index is 681. The predicted molar refractivity (Wildman–Crippen MR) is 98.9 cm³/mol. The minimum absolute atomic E-state index is 0.0536. The summed E-state index contributed by atoms with van der Waals surface area (Å²) in [7, 11) is 0.